The maximum absolute atomic E-state index is 8.62. The minimum atomic E-state index is -0.0575. The van der Waals surface area contributed by atoms with E-state index in [1.807, 2.05) is 6.92 Å². The van der Waals surface area contributed by atoms with Gasteiger partial charge in [0.1, 0.15) is 11.8 Å². The number of likely N-dealkylation sites (tertiary alicyclic amines) is 1. The molecule has 7 heteroatoms. The van der Waals surface area contributed by atoms with Gasteiger partial charge >= 0.3 is 6.01 Å². The van der Waals surface area contributed by atoms with Gasteiger partial charge in [0.15, 0.2) is 5.84 Å². The molecule has 0 aliphatic carbocycles. The van der Waals surface area contributed by atoms with E-state index in [1.54, 1.807) is 6.07 Å². The molecular formula is C12H19N5O2. The molecule has 1 aromatic heterocycles. The third kappa shape index (κ3) is 3.11. The molecule has 0 amide bonds. The van der Waals surface area contributed by atoms with Crippen LogP contribution in [0.1, 0.15) is 25.5 Å². The first-order valence-corrected chi connectivity index (χ1v) is 6.29. The van der Waals surface area contributed by atoms with E-state index in [0.717, 1.165) is 13.0 Å². The minimum Gasteiger partial charge on any atom is -0.459 e. The van der Waals surface area contributed by atoms with Crippen molar-refractivity contribution in [2.24, 2.45) is 10.9 Å². The summed E-state index contributed by atoms with van der Waals surface area (Å²) >= 11 is 0. The summed E-state index contributed by atoms with van der Waals surface area (Å²) in [6.45, 7) is 3.09. The maximum Gasteiger partial charge on any atom is 0.317 e. The fraction of sp³-hybridized carbons (Fsp3) is 0.583. The number of likely N-dealkylation sites (N-methyl/N-ethyl adjacent to an activating group) is 1. The van der Waals surface area contributed by atoms with Crippen molar-refractivity contribution >= 4 is 5.84 Å². The highest BCUT2D eigenvalue weighted by Gasteiger charge is 2.28. The summed E-state index contributed by atoms with van der Waals surface area (Å²) in [4.78, 5) is 10.4. The van der Waals surface area contributed by atoms with E-state index in [4.69, 9.17) is 15.7 Å². The lowest BCUT2D eigenvalue weighted by atomic mass is 10.1. The van der Waals surface area contributed by atoms with Gasteiger partial charge in [0.05, 0.1) is 0 Å². The molecule has 0 spiro atoms. The molecule has 3 N–H and O–H groups in total. The molecule has 2 rings (SSSR count). The maximum atomic E-state index is 8.62. The van der Waals surface area contributed by atoms with E-state index < -0.39 is 0 Å². The van der Waals surface area contributed by atoms with Crippen LogP contribution in [-0.2, 0) is 0 Å². The zero-order valence-electron chi connectivity index (χ0n) is 11.2. The fourth-order valence-corrected chi connectivity index (χ4v) is 2.37. The molecular weight excluding hydrogens is 246 g/mol. The van der Waals surface area contributed by atoms with Crippen LogP contribution >= 0.6 is 0 Å². The Labute approximate surface area is 112 Å². The Morgan fingerprint density at radius 2 is 2.47 bits per heavy atom. The number of aromatic nitrogens is 2. The number of hydrogen-bond donors (Lipinski definition) is 2. The molecule has 2 heterocycles. The number of oxime groups is 1. The molecule has 0 aromatic carbocycles. The summed E-state index contributed by atoms with van der Waals surface area (Å²) in [5, 5.41) is 11.5. The second kappa shape index (κ2) is 5.83. The third-order valence-corrected chi connectivity index (χ3v) is 3.41. The van der Waals surface area contributed by atoms with Crippen LogP contribution in [0.15, 0.2) is 17.4 Å². The van der Waals surface area contributed by atoms with E-state index in [-0.39, 0.29) is 18.0 Å². The van der Waals surface area contributed by atoms with Gasteiger partial charge in [0, 0.05) is 12.2 Å². The number of rotatable bonds is 4. The standard InChI is InChI=1S/C12H19N5O2/c1-8(10-4-3-7-17(10)2)19-12-14-6-5-9(15-12)11(13)16-18/h5-6,8,10,18H,3-4,7H2,1-2H3,(H2,13,16)/t8-,10-/m0/s1. The Kier molecular flexibility index (Phi) is 4.16. The van der Waals surface area contributed by atoms with Crippen molar-refractivity contribution in [3.63, 3.8) is 0 Å². The van der Waals surface area contributed by atoms with Crippen molar-refractivity contribution in [2.45, 2.75) is 31.9 Å². The summed E-state index contributed by atoms with van der Waals surface area (Å²) in [5.74, 6) is -0.0575. The molecule has 0 bridgehead atoms. The predicted octanol–water partition coefficient (Wildman–Crippen LogP) is 0.433. The summed E-state index contributed by atoms with van der Waals surface area (Å²) in [5.41, 5.74) is 5.83. The Morgan fingerprint density at radius 1 is 1.68 bits per heavy atom. The second-order valence-electron chi connectivity index (χ2n) is 4.72. The summed E-state index contributed by atoms with van der Waals surface area (Å²) in [6.07, 6.45) is 3.81. The topological polar surface area (TPSA) is 96.9 Å². The monoisotopic (exact) mass is 265 g/mol. The zero-order chi connectivity index (χ0) is 13.8. The summed E-state index contributed by atoms with van der Waals surface area (Å²) < 4.78 is 5.75. The van der Waals surface area contributed by atoms with Gasteiger partial charge in [-0.05, 0) is 39.4 Å². The van der Waals surface area contributed by atoms with Crippen LogP contribution in [0.3, 0.4) is 0 Å². The second-order valence-corrected chi connectivity index (χ2v) is 4.72. The highest BCUT2D eigenvalue weighted by atomic mass is 16.5. The Bertz CT molecular complexity index is 465. The Morgan fingerprint density at radius 3 is 3.11 bits per heavy atom. The molecule has 0 unspecified atom stereocenters. The highest BCUT2D eigenvalue weighted by Crippen LogP contribution is 2.20. The summed E-state index contributed by atoms with van der Waals surface area (Å²) in [7, 11) is 2.09. The van der Waals surface area contributed by atoms with Crippen molar-refractivity contribution in [1.29, 1.82) is 0 Å². The van der Waals surface area contributed by atoms with Crippen LogP contribution < -0.4 is 10.5 Å². The predicted molar refractivity (Wildman–Crippen MR) is 70.3 cm³/mol. The lowest BCUT2D eigenvalue weighted by Crippen LogP contribution is -2.38. The molecule has 0 saturated carbocycles. The molecule has 1 fully saturated rings. The van der Waals surface area contributed by atoms with Gasteiger partial charge in [-0.3, -0.25) is 4.90 Å². The number of amidine groups is 1. The van der Waals surface area contributed by atoms with Crippen LogP contribution in [0.5, 0.6) is 6.01 Å². The Balaban J connectivity index is 2.06. The number of ether oxygens (including phenoxy) is 1. The van der Waals surface area contributed by atoms with Crippen molar-refractivity contribution in [1.82, 2.24) is 14.9 Å². The van der Waals surface area contributed by atoms with Gasteiger partial charge in [0.2, 0.25) is 0 Å². The van der Waals surface area contributed by atoms with Gasteiger partial charge in [-0.25, -0.2) is 4.98 Å². The molecule has 2 atom stereocenters. The average Bonchev–Trinajstić information content (AvgIpc) is 2.84. The zero-order valence-corrected chi connectivity index (χ0v) is 11.2. The first-order chi connectivity index (χ1) is 9.11. The fourth-order valence-electron chi connectivity index (χ4n) is 2.37. The van der Waals surface area contributed by atoms with Crippen LogP contribution in [-0.4, -0.2) is 51.6 Å². The molecule has 1 aliphatic rings. The molecule has 104 valence electrons. The lowest BCUT2D eigenvalue weighted by Gasteiger charge is -2.25. The van der Waals surface area contributed by atoms with E-state index in [1.165, 1.54) is 12.6 Å². The van der Waals surface area contributed by atoms with Gasteiger partial charge in [0.25, 0.3) is 0 Å². The third-order valence-electron chi connectivity index (χ3n) is 3.41. The largest absolute Gasteiger partial charge is 0.459 e. The molecule has 1 saturated heterocycles. The van der Waals surface area contributed by atoms with Crippen LogP contribution in [0, 0.1) is 0 Å². The normalized spacial score (nSPS) is 22.4. The van der Waals surface area contributed by atoms with Crippen molar-refractivity contribution in [3.05, 3.63) is 18.0 Å². The van der Waals surface area contributed by atoms with E-state index in [9.17, 15) is 0 Å². The average molecular weight is 265 g/mol. The summed E-state index contributed by atoms with van der Waals surface area (Å²) in [6, 6.07) is 2.18. The highest BCUT2D eigenvalue weighted by molar-refractivity contribution is 5.95. The SMILES string of the molecule is C[C@H](Oc1nccc(/C(N)=N/O)n1)[C@@H]1CCCN1C. The number of nitrogens with two attached hydrogens (primary N) is 1. The quantitative estimate of drug-likeness (QED) is 0.355. The minimum absolute atomic E-state index is 0.00459. The van der Waals surface area contributed by atoms with E-state index in [0.29, 0.717) is 11.7 Å². The number of hydrogen-bond acceptors (Lipinski definition) is 6. The lowest BCUT2D eigenvalue weighted by molar-refractivity contribution is 0.112. The molecule has 1 aliphatic heterocycles. The van der Waals surface area contributed by atoms with Gasteiger partial charge in [-0.2, -0.15) is 4.98 Å². The van der Waals surface area contributed by atoms with Crippen molar-refractivity contribution in [2.75, 3.05) is 13.6 Å². The van der Waals surface area contributed by atoms with Gasteiger partial charge < -0.3 is 15.7 Å². The first kappa shape index (κ1) is 13.5. The molecule has 19 heavy (non-hydrogen) atoms. The smallest absolute Gasteiger partial charge is 0.317 e. The molecule has 1 aromatic rings. The van der Waals surface area contributed by atoms with Crippen molar-refractivity contribution in [3.8, 4) is 6.01 Å². The number of nitrogens with zero attached hydrogens (tertiary/aromatic N) is 4. The van der Waals surface area contributed by atoms with E-state index >= 15 is 0 Å². The van der Waals surface area contributed by atoms with Crippen LogP contribution in [0.2, 0.25) is 0 Å². The van der Waals surface area contributed by atoms with E-state index in [2.05, 4.69) is 27.1 Å². The van der Waals surface area contributed by atoms with Gasteiger partial charge in [-0.15, -0.1) is 0 Å². The molecule has 0 radical (unpaired) electrons. The van der Waals surface area contributed by atoms with Crippen LogP contribution in [0.4, 0.5) is 0 Å². The van der Waals surface area contributed by atoms with Crippen LogP contribution in [0.25, 0.3) is 0 Å². The van der Waals surface area contributed by atoms with Gasteiger partial charge in [-0.1, -0.05) is 5.16 Å². The Hall–Kier alpha value is -1.89. The van der Waals surface area contributed by atoms with Crippen molar-refractivity contribution < 1.29 is 9.94 Å². The molecule has 7 nitrogen and oxygen atoms in total. The first-order valence-electron chi connectivity index (χ1n) is 6.29.